The molecule has 0 aliphatic heterocycles. The van der Waals surface area contributed by atoms with Gasteiger partial charge in [0.25, 0.3) is 0 Å². The number of hydroxylamine groups is 1. The average Bonchev–Trinajstić information content (AvgIpc) is 1.63. The maximum Gasteiger partial charge on any atom is 0.140 e. The van der Waals surface area contributed by atoms with E-state index < -0.39 is 6.10 Å². The lowest BCUT2D eigenvalue weighted by atomic mass is 10.3. The number of hydrogen-bond acceptors (Lipinski definition) is 5. The third kappa shape index (κ3) is 3.77. The third-order valence-electron chi connectivity index (χ3n) is 0.693. The van der Waals surface area contributed by atoms with Crippen LogP contribution < -0.4 is 5.84 Å². The van der Waals surface area contributed by atoms with Gasteiger partial charge in [0.05, 0.1) is 6.20 Å². The highest BCUT2D eigenvalue weighted by atomic mass is 16.5. The zero-order chi connectivity index (χ0) is 7.44. The Labute approximate surface area is 52.6 Å². The van der Waals surface area contributed by atoms with Crippen LogP contribution in [0.1, 0.15) is 6.92 Å². The molecule has 54 valence electrons. The predicted molar refractivity (Wildman–Crippen MR) is 30.2 cm³/mol. The summed E-state index contributed by atoms with van der Waals surface area (Å²) >= 11 is 0. The van der Waals surface area contributed by atoms with Crippen LogP contribution in [0, 0.1) is 0 Å². The molecule has 0 aromatic rings. The van der Waals surface area contributed by atoms with Gasteiger partial charge in [-0.25, -0.2) is 5.84 Å². The summed E-state index contributed by atoms with van der Waals surface area (Å²) < 4.78 is 0. The summed E-state index contributed by atoms with van der Waals surface area (Å²) in [5.41, 5.74) is 0. The van der Waals surface area contributed by atoms with Crippen LogP contribution in [0.4, 0.5) is 0 Å². The Morgan fingerprint density at radius 1 is 1.78 bits per heavy atom. The lowest BCUT2D eigenvalue weighted by Crippen LogP contribution is -2.22. The largest absolute Gasteiger partial charge is 0.508 e. The summed E-state index contributed by atoms with van der Waals surface area (Å²) in [7, 11) is 0. The molecule has 9 heavy (non-hydrogen) atoms. The molecular weight excluding hydrogens is 124 g/mol. The van der Waals surface area contributed by atoms with Crippen LogP contribution in [0.3, 0.4) is 0 Å². The van der Waals surface area contributed by atoms with Crippen molar-refractivity contribution in [3.05, 3.63) is 12.0 Å². The molecule has 0 saturated carbocycles. The number of nitrogens with two attached hydrogens (primary N) is 1. The van der Waals surface area contributed by atoms with Gasteiger partial charge in [0.15, 0.2) is 0 Å². The molecule has 0 aromatic carbocycles. The minimum absolute atomic E-state index is 0.169. The van der Waals surface area contributed by atoms with Gasteiger partial charge in [-0.05, 0) is 6.92 Å². The van der Waals surface area contributed by atoms with E-state index in [0.29, 0.717) is 0 Å². The Kier molecular flexibility index (Phi) is 3.00. The lowest BCUT2D eigenvalue weighted by molar-refractivity contribution is -0.0475. The molecular formula is C4H10N2O3. The number of hydrazine groups is 1. The second-order valence-electron chi connectivity index (χ2n) is 1.61. The number of aliphatic hydroxyl groups is 2. The first-order valence-electron chi connectivity index (χ1n) is 2.35. The molecule has 0 heterocycles. The van der Waals surface area contributed by atoms with E-state index in [9.17, 15) is 0 Å². The fraction of sp³-hybridized carbons (Fsp3) is 0.500. The molecule has 0 aliphatic rings. The number of hydrogen-bond donors (Lipinski definition) is 4. The van der Waals surface area contributed by atoms with Gasteiger partial charge in [0.2, 0.25) is 0 Å². The van der Waals surface area contributed by atoms with Gasteiger partial charge in [-0.2, -0.15) is 5.17 Å². The molecule has 0 saturated heterocycles. The Bertz CT molecular complexity index is 110. The Balaban J connectivity index is 3.84. The van der Waals surface area contributed by atoms with Gasteiger partial charge in [-0.3, -0.25) is 5.21 Å². The van der Waals surface area contributed by atoms with E-state index in [2.05, 4.69) is 5.84 Å². The zero-order valence-electron chi connectivity index (χ0n) is 5.02. The molecule has 0 fully saturated rings. The van der Waals surface area contributed by atoms with Crippen molar-refractivity contribution in [1.82, 2.24) is 5.17 Å². The fourth-order valence-corrected chi connectivity index (χ4v) is 0.243. The van der Waals surface area contributed by atoms with Crippen molar-refractivity contribution >= 4 is 0 Å². The lowest BCUT2D eigenvalue weighted by Gasteiger charge is -2.05. The van der Waals surface area contributed by atoms with Crippen LogP contribution in [0.5, 0.6) is 0 Å². The molecule has 0 radical (unpaired) electrons. The van der Waals surface area contributed by atoms with Crippen molar-refractivity contribution in [3.63, 3.8) is 0 Å². The highest BCUT2D eigenvalue weighted by Crippen LogP contribution is 1.94. The molecule has 0 aromatic heterocycles. The number of aliphatic hydroxyl groups excluding tert-OH is 2. The van der Waals surface area contributed by atoms with E-state index in [0.717, 1.165) is 6.20 Å². The highest BCUT2D eigenvalue weighted by molar-refractivity contribution is 4.92. The van der Waals surface area contributed by atoms with E-state index in [1.807, 2.05) is 0 Å². The number of nitrogens with zero attached hydrogens (tertiary/aromatic N) is 1. The van der Waals surface area contributed by atoms with Crippen molar-refractivity contribution in [2.45, 2.75) is 13.0 Å². The van der Waals surface area contributed by atoms with Gasteiger partial charge in [-0.15, -0.1) is 0 Å². The molecule has 1 atom stereocenters. The second-order valence-corrected chi connectivity index (χ2v) is 1.61. The SMILES string of the molecule is CC(O)/C(O)=C/N(N)O. The maximum atomic E-state index is 8.63. The van der Waals surface area contributed by atoms with E-state index >= 15 is 0 Å². The van der Waals surface area contributed by atoms with Crippen molar-refractivity contribution in [2.24, 2.45) is 5.84 Å². The topological polar surface area (TPSA) is 90.0 Å². The molecule has 1 unspecified atom stereocenters. The molecule has 5 nitrogen and oxygen atoms in total. The van der Waals surface area contributed by atoms with Crippen LogP contribution >= 0.6 is 0 Å². The average molecular weight is 134 g/mol. The number of rotatable bonds is 2. The van der Waals surface area contributed by atoms with Crippen LogP contribution in [0.15, 0.2) is 12.0 Å². The normalized spacial score (nSPS) is 15.3. The van der Waals surface area contributed by atoms with Crippen LogP contribution in [0.25, 0.3) is 0 Å². The van der Waals surface area contributed by atoms with Crippen molar-refractivity contribution in [2.75, 3.05) is 0 Å². The molecule has 0 rings (SSSR count). The van der Waals surface area contributed by atoms with Crippen molar-refractivity contribution < 1.29 is 15.4 Å². The molecule has 0 amide bonds. The Morgan fingerprint density at radius 2 is 2.22 bits per heavy atom. The van der Waals surface area contributed by atoms with Crippen LogP contribution in [0.2, 0.25) is 0 Å². The smallest absolute Gasteiger partial charge is 0.140 e. The van der Waals surface area contributed by atoms with Crippen molar-refractivity contribution in [1.29, 1.82) is 0 Å². The van der Waals surface area contributed by atoms with Gasteiger partial charge in [0, 0.05) is 0 Å². The van der Waals surface area contributed by atoms with Crippen LogP contribution in [-0.2, 0) is 0 Å². The Hall–Kier alpha value is -0.780. The van der Waals surface area contributed by atoms with E-state index in [4.69, 9.17) is 15.4 Å². The molecule has 0 spiro atoms. The summed E-state index contributed by atoms with van der Waals surface area (Å²) in [5.74, 6) is 4.28. The first kappa shape index (κ1) is 8.22. The van der Waals surface area contributed by atoms with E-state index in [1.54, 1.807) is 0 Å². The molecule has 0 bridgehead atoms. The van der Waals surface area contributed by atoms with Crippen molar-refractivity contribution in [3.8, 4) is 0 Å². The quantitative estimate of drug-likeness (QED) is 0.228. The van der Waals surface area contributed by atoms with Crippen LogP contribution in [-0.4, -0.2) is 26.7 Å². The summed E-state index contributed by atoms with van der Waals surface area (Å²) in [6, 6.07) is 0. The first-order chi connectivity index (χ1) is 4.04. The summed E-state index contributed by atoms with van der Waals surface area (Å²) in [5, 5.41) is 25.6. The standard InChI is InChI=1S/C4H10N2O3/c1-3(7)4(8)2-6(5)9/h2-3,7-9H,5H2,1H3/b4-2-. The minimum atomic E-state index is -1.01. The van der Waals surface area contributed by atoms with Gasteiger partial charge in [-0.1, -0.05) is 0 Å². The molecule has 0 aliphatic carbocycles. The second kappa shape index (κ2) is 3.29. The first-order valence-corrected chi connectivity index (χ1v) is 2.35. The maximum absolute atomic E-state index is 8.63. The van der Waals surface area contributed by atoms with Gasteiger partial charge in [0.1, 0.15) is 11.9 Å². The molecule has 5 N–H and O–H groups in total. The summed E-state index contributed by atoms with van der Waals surface area (Å²) in [6.45, 7) is 1.34. The summed E-state index contributed by atoms with van der Waals surface area (Å²) in [6.07, 6.45) is -0.215. The minimum Gasteiger partial charge on any atom is -0.508 e. The highest BCUT2D eigenvalue weighted by Gasteiger charge is 2.00. The zero-order valence-corrected chi connectivity index (χ0v) is 5.02. The van der Waals surface area contributed by atoms with Gasteiger partial charge >= 0.3 is 0 Å². The summed E-state index contributed by atoms with van der Waals surface area (Å²) in [4.78, 5) is 0. The Morgan fingerprint density at radius 3 is 2.33 bits per heavy atom. The fourth-order valence-electron chi connectivity index (χ4n) is 0.243. The predicted octanol–water partition coefficient (Wildman–Crippen LogP) is -0.669. The van der Waals surface area contributed by atoms with Gasteiger partial charge < -0.3 is 10.2 Å². The van der Waals surface area contributed by atoms with E-state index in [1.165, 1.54) is 6.92 Å². The molecule has 5 heteroatoms. The third-order valence-corrected chi connectivity index (χ3v) is 0.693. The monoisotopic (exact) mass is 134 g/mol. The van der Waals surface area contributed by atoms with E-state index in [-0.39, 0.29) is 10.9 Å².